The van der Waals surface area contributed by atoms with Crippen LogP contribution in [0.1, 0.15) is 30.4 Å². The summed E-state index contributed by atoms with van der Waals surface area (Å²) in [7, 11) is 3.73. The lowest BCUT2D eigenvalue weighted by Crippen LogP contribution is -2.49. The fourth-order valence-electron chi connectivity index (χ4n) is 3.80. The van der Waals surface area contributed by atoms with Gasteiger partial charge in [0.2, 0.25) is 0 Å². The number of amides is 1. The molecule has 2 N–H and O–H groups in total. The van der Waals surface area contributed by atoms with Gasteiger partial charge in [0.15, 0.2) is 6.10 Å². The molecule has 6 nitrogen and oxygen atoms in total. The van der Waals surface area contributed by atoms with Crippen LogP contribution in [0.5, 0.6) is 5.75 Å². The summed E-state index contributed by atoms with van der Waals surface area (Å²) in [5, 5.41) is 13.2. The van der Waals surface area contributed by atoms with Gasteiger partial charge in [-0.05, 0) is 56.0 Å². The van der Waals surface area contributed by atoms with Crippen LogP contribution in [-0.4, -0.2) is 61.5 Å². The summed E-state index contributed by atoms with van der Waals surface area (Å²) in [4.78, 5) is 14.9. The summed E-state index contributed by atoms with van der Waals surface area (Å²) in [6.07, 6.45) is 1.63. The Morgan fingerprint density at radius 2 is 1.84 bits per heavy atom. The summed E-state index contributed by atoms with van der Waals surface area (Å²) >= 11 is 0. The molecule has 0 spiro atoms. The number of methoxy groups -OCH3 is 1. The molecule has 1 aliphatic rings. The van der Waals surface area contributed by atoms with Crippen LogP contribution in [0, 0.1) is 0 Å². The van der Waals surface area contributed by atoms with E-state index in [0.29, 0.717) is 13.0 Å². The van der Waals surface area contributed by atoms with E-state index >= 15 is 0 Å². The Bertz CT molecular complexity index is 797. The number of nitrogens with zero attached hydrogens (tertiary/aromatic N) is 1. The molecular weight excluding hydrogens is 392 g/mol. The van der Waals surface area contributed by atoms with Crippen molar-refractivity contribution in [2.24, 2.45) is 0 Å². The smallest absolute Gasteiger partial charge is 0.252 e. The molecular formula is C25H34N2O4. The van der Waals surface area contributed by atoms with Crippen molar-refractivity contribution in [2.45, 2.75) is 50.5 Å². The first kappa shape index (κ1) is 23.3. The third-order valence-electron chi connectivity index (χ3n) is 5.81. The average molecular weight is 427 g/mol. The van der Waals surface area contributed by atoms with E-state index < -0.39 is 12.2 Å². The topological polar surface area (TPSA) is 71.0 Å². The molecule has 1 saturated heterocycles. The fourth-order valence-corrected chi connectivity index (χ4v) is 3.80. The van der Waals surface area contributed by atoms with Crippen LogP contribution >= 0.6 is 0 Å². The van der Waals surface area contributed by atoms with Gasteiger partial charge in [0.25, 0.3) is 5.91 Å². The van der Waals surface area contributed by atoms with Crippen molar-refractivity contribution in [1.82, 2.24) is 10.2 Å². The van der Waals surface area contributed by atoms with Gasteiger partial charge in [0.1, 0.15) is 5.75 Å². The Balaban J connectivity index is 1.41. The molecule has 2 aromatic carbocycles. The zero-order valence-electron chi connectivity index (χ0n) is 18.5. The van der Waals surface area contributed by atoms with Crippen LogP contribution in [0.25, 0.3) is 0 Å². The first-order valence-electron chi connectivity index (χ1n) is 11.0. The van der Waals surface area contributed by atoms with Crippen molar-refractivity contribution in [3.05, 3.63) is 65.7 Å². The van der Waals surface area contributed by atoms with Gasteiger partial charge in [-0.3, -0.25) is 4.79 Å². The zero-order chi connectivity index (χ0) is 22.1. The molecule has 1 aliphatic heterocycles. The number of benzene rings is 2. The Kier molecular flexibility index (Phi) is 8.88. The molecule has 31 heavy (non-hydrogen) atoms. The lowest BCUT2D eigenvalue weighted by molar-refractivity contribution is -0.158. The fraction of sp³-hybridized carbons (Fsp3) is 0.480. The maximum atomic E-state index is 12.6. The van der Waals surface area contributed by atoms with Gasteiger partial charge < -0.3 is 24.8 Å². The van der Waals surface area contributed by atoms with E-state index in [9.17, 15) is 9.90 Å². The maximum Gasteiger partial charge on any atom is 0.252 e. The number of rotatable bonds is 10. The van der Waals surface area contributed by atoms with Crippen LogP contribution in [0.15, 0.2) is 54.6 Å². The number of likely N-dealkylation sites (N-methyl/N-ethyl adjacent to an activating group) is 1. The molecule has 1 fully saturated rings. The number of hydrogen-bond donors (Lipinski definition) is 2. The van der Waals surface area contributed by atoms with Crippen molar-refractivity contribution in [3.8, 4) is 5.75 Å². The highest BCUT2D eigenvalue weighted by atomic mass is 16.5. The molecule has 1 heterocycles. The number of nitrogens with one attached hydrogen (secondary N) is 1. The van der Waals surface area contributed by atoms with E-state index in [4.69, 9.17) is 9.47 Å². The van der Waals surface area contributed by atoms with E-state index in [1.165, 1.54) is 5.56 Å². The molecule has 0 saturated carbocycles. The van der Waals surface area contributed by atoms with E-state index in [-0.39, 0.29) is 12.0 Å². The zero-order valence-corrected chi connectivity index (χ0v) is 18.5. The third-order valence-corrected chi connectivity index (χ3v) is 5.81. The van der Waals surface area contributed by atoms with Gasteiger partial charge >= 0.3 is 0 Å². The monoisotopic (exact) mass is 426 g/mol. The van der Waals surface area contributed by atoms with Crippen molar-refractivity contribution in [3.63, 3.8) is 0 Å². The predicted molar refractivity (Wildman–Crippen MR) is 121 cm³/mol. The van der Waals surface area contributed by atoms with Gasteiger partial charge in [-0.15, -0.1) is 0 Å². The normalized spacial score (nSPS) is 21.1. The molecule has 6 heteroatoms. The molecule has 0 radical (unpaired) electrons. The highest BCUT2D eigenvalue weighted by Gasteiger charge is 2.34. The van der Waals surface area contributed by atoms with Gasteiger partial charge in [-0.1, -0.05) is 42.5 Å². The van der Waals surface area contributed by atoms with E-state index in [0.717, 1.165) is 43.7 Å². The quantitative estimate of drug-likeness (QED) is 0.611. The van der Waals surface area contributed by atoms with Crippen molar-refractivity contribution in [2.75, 3.05) is 27.2 Å². The van der Waals surface area contributed by atoms with Gasteiger partial charge in [0, 0.05) is 19.6 Å². The molecule has 2 aromatic rings. The Labute approximate surface area is 185 Å². The van der Waals surface area contributed by atoms with Gasteiger partial charge in [-0.25, -0.2) is 0 Å². The number of carbonyl (C=O) groups excluding carboxylic acids is 1. The average Bonchev–Trinajstić information content (AvgIpc) is 2.81. The molecule has 3 rings (SSSR count). The second-order valence-corrected chi connectivity index (χ2v) is 8.22. The van der Waals surface area contributed by atoms with Gasteiger partial charge in [-0.2, -0.15) is 0 Å². The van der Waals surface area contributed by atoms with Crippen LogP contribution < -0.4 is 10.1 Å². The lowest BCUT2D eigenvalue weighted by Gasteiger charge is -2.33. The van der Waals surface area contributed by atoms with Crippen LogP contribution in [0.4, 0.5) is 0 Å². The molecule has 0 aromatic heterocycles. The Hall–Kier alpha value is -2.41. The predicted octanol–water partition coefficient (Wildman–Crippen LogP) is 2.78. The number of carbonyl (C=O) groups is 1. The SMILES string of the molecule is COc1ccc(CNC(=O)C2OC(CCN(C)CCc3ccccc3)CCC2O)cc1. The van der Waals surface area contributed by atoms with Crippen LogP contribution in [-0.2, 0) is 22.5 Å². The van der Waals surface area contributed by atoms with Crippen LogP contribution in [0.3, 0.4) is 0 Å². The van der Waals surface area contributed by atoms with Gasteiger partial charge in [0.05, 0.1) is 19.3 Å². The molecule has 0 aliphatic carbocycles. The summed E-state index contributed by atoms with van der Waals surface area (Å²) in [6.45, 7) is 2.27. The molecule has 3 unspecified atom stereocenters. The minimum Gasteiger partial charge on any atom is -0.497 e. The summed E-state index contributed by atoms with van der Waals surface area (Å²) in [5.41, 5.74) is 2.30. The van der Waals surface area contributed by atoms with Crippen LogP contribution in [0.2, 0.25) is 0 Å². The summed E-state index contributed by atoms with van der Waals surface area (Å²) in [6, 6.07) is 18.0. The van der Waals surface area contributed by atoms with Crippen molar-refractivity contribution in [1.29, 1.82) is 0 Å². The first-order chi connectivity index (χ1) is 15.0. The standard InChI is InChI=1S/C25H34N2O4/c1-27(16-14-19-6-4-3-5-7-19)17-15-22-12-13-23(28)24(31-22)25(29)26-18-20-8-10-21(30-2)11-9-20/h3-11,22-24,28H,12-18H2,1-2H3,(H,26,29). The molecule has 3 atom stereocenters. The Morgan fingerprint density at radius 3 is 2.55 bits per heavy atom. The van der Waals surface area contributed by atoms with E-state index in [1.54, 1.807) is 7.11 Å². The largest absolute Gasteiger partial charge is 0.497 e. The van der Waals surface area contributed by atoms with E-state index in [2.05, 4.69) is 41.5 Å². The summed E-state index contributed by atoms with van der Waals surface area (Å²) in [5.74, 6) is 0.517. The number of ether oxygens (including phenoxy) is 2. The van der Waals surface area contributed by atoms with Crippen molar-refractivity contribution >= 4 is 5.91 Å². The summed E-state index contributed by atoms with van der Waals surface area (Å²) < 4.78 is 11.1. The third kappa shape index (κ3) is 7.35. The number of aliphatic hydroxyl groups excluding tert-OH is 1. The minimum atomic E-state index is -0.813. The number of aliphatic hydroxyl groups is 1. The second-order valence-electron chi connectivity index (χ2n) is 8.22. The van der Waals surface area contributed by atoms with E-state index in [1.807, 2.05) is 30.3 Å². The molecule has 0 bridgehead atoms. The van der Waals surface area contributed by atoms with Crippen molar-refractivity contribution < 1.29 is 19.4 Å². The Morgan fingerprint density at radius 1 is 1.10 bits per heavy atom. The maximum absolute atomic E-state index is 12.6. The highest BCUT2D eigenvalue weighted by molar-refractivity contribution is 5.81. The highest BCUT2D eigenvalue weighted by Crippen LogP contribution is 2.22. The lowest BCUT2D eigenvalue weighted by atomic mass is 9.98. The second kappa shape index (κ2) is 11.8. The number of hydrogen-bond acceptors (Lipinski definition) is 5. The molecule has 168 valence electrons. The first-order valence-corrected chi connectivity index (χ1v) is 11.0. The minimum absolute atomic E-state index is 0.0145. The molecule has 1 amide bonds.